The zero-order valence-electron chi connectivity index (χ0n) is 25.8. The van der Waals surface area contributed by atoms with Gasteiger partial charge in [-0.3, -0.25) is 0 Å². The van der Waals surface area contributed by atoms with Gasteiger partial charge in [0.2, 0.25) is 0 Å². The summed E-state index contributed by atoms with van der Waals surface area (Å²) in [4.78, 5) is 3.73. The molecule has 0 bridgehead atoms. The molecule has 4 nitrogen and oxygen atoms in total. The van der Waals surface area contributed by atoms with Crippen molar-refractivity contribution in [2.24, 2.45) is 0 Å². The molecule has 0 unspecified atom stereocenters. The molecule has 0 aliphatic heterocycles. The summed E-state index contributed by atoms with van der Waals surface area (Å²) in [5.74, 6) is 0. The maximum atomic E-state index is 10.8. The van der Waals surface area contributed by atoms with E-state index in [1.807, 2.05) is 60.7 Å². The number of hydrogen-bond acceptors (Lipinski definition) is 1. The van der Waals surface area contributed by atoms with E-state index in [2.05, 4.69) is 117 Å². The van der Waals surface area contributed by atoms with Gasteiger partial charge in [0, 0.05) is 49.4 Å². The van der Waals surface area contributed by atoms with Crippen LogP contribution in [0.25, 0.3) is 82.1 Å². The Morgan fingerprint density at radius 2 is 1.04 bits per heavy atom. The molecule has 9 rings (SSSR count). The normalized spacial score (nSPS) is 11.3. The molecular formula is C44H26N4. The van der Waals surface area contributed by atoms with Crippen LogP contribution in [0.1, 0.15) is 5.56 Å². The molecule has 0 amide bonds. The lowest BCUT2D eigenvalue weighted by atomic mass is 9.91. The summed E-state index contributed by atoms with van der Waals surface area (Å²) in [5.41, 5.74) is 11.2. The van der Waals surface area contributed by atoms with E-state index in [4.69, 9.17) is 6.57 Å². The lowest BCUT2D eigenvalue weighted by molar-refractivity contribution is 1.18. The molecule has 0 spiro atoms. The van der Waals surface area contributed by atoms with E-state index in [0.717, 1.165) is 66.5 Å². The Kier molecular flexibility index (Phi) is 6.22. The van der Waals surface area contributed by atoms with E-state index < -0.39 is 0 Å². The Bertz CT molecular complexity index is 2760. The van der Waals surface area contributed by atoms with E-state index in [9.17, 15) is 5.26 Å². The molecule has 9 aromatic rings. The van der Waals surface area contributed by atoms with Gasteiger partial charge in [-0.1, -0.05) is 115 Å². The predicted octanol–water partition coefficient (Wildman–Crippen LogP) is 11.6. The highest BCUT2D eigenvalue weighted by Crippen LogP contribution is 2.40. The number of rotatable bonds is 4. The third-order valence-corrected chi connectivity index (χ3v) is 9.39. The largest absolute Gasteiger partial charge is 0.310 e. The van der Waals surface area contributed by atoms with Crippen LogP contribution in [0.15, 0.2) is 158 Å². The fourth-order valence-electron chi connectivity index (χ4n) is 7.34. The summed E-state index contributed by atoms with van der Waals surface area (Å²) in [6.45, 7) is 7.68. The van der Waals surface area contributed by atoms with Crippen LogP contribution in [-0.4, -0.2) is 9.13 Å². The Balaban J connectivity index is 1.25. The van der Waals surface area contributed by atoms with Crippen LogP contribution in [-0.2, 0) is 0 Å². The number of hydrogen-bond donors (Lipinski definition) is 0. The molecule has 222 valence electrons. The molecule has 0 saturated heterocycles. The van der Waals surface area contributed by atoms with E-state index >= 15 is 0 Å². The Morgan fingerprint density at radius 1 is 0.479 bits per heavy atom. The number of benzene rings is 7. The first-order valence-electron chi connectivity index (χ1n) is 15.9. The first kappa shape index (κ1) is 27.4. The Hall–Kier alpha value is -6.88. The van der Waals surface area contributed by atoms with Crippen LogP contribution in [0, 0.1) is 17.9 Å². The molecule has 0 aliphatic rings. The number of nitriles is 1. The fraction of sp³-hybridized carbons (Fsp3) is 0. The molecule has 0 fully saturated rings. The molecule has 7 aromatic carbocycles. The second-order valence-corrected chi connectivity index (χ2v) is 11.9. The number of fused-ring (bicyclic) bond motifs is 6. The minimum Gasteiger partial charge on any atom is -0.310 e. The zero-order valence-corrected chi connectivity index (χ0v) is 25.8. The quantitative estimate of drug-likeness (QED) is 0.183. The molecule has 2 heterocycles. The van der Waals surface area contributed by atoms with Crippen LogP contribution in [0.4, 0.5) is 5.69 Å². The van der Waals surface area contributed by atoms with Gasteiger partial charge in [0.1, 0.15) is 6.07 Å². The van der Waals surface area contributed by atoms with E-state index in [1.54, 1.807) is 0 Å². The van der Waals surface area contributed by atoms with Gasteiger partial charge in [0.25, 0.3) is 0 Å². The molecule has 0 atom stereocenters. The van der Waals surface area contributed by atoms with Gasteiger partial charge in [-0.05, 0) is 48.0 Å². The highest BCUT2D eigenvalue weighted by atomic mass is 15.0. The van der Waals surface area contributed by atoms with Crippen LogP contribution < -0.4 is 0 Å². The second-order valence-electron chi connectivity index (χ2n) is 11.9. The third kappa shape index (κ3) is 4.07. The first-order valence-corrected chi connectivity index (χ1v) is 15.9. The monoisotopic (exact) mass is 610 g/mol. The van der Waals surface area contributed by atoms with Crippen molar-refractivity contribution >= 4 is 49.3 Å². The maximum Gasteiger partial charge on any atom is 0.189 e. The van der Waals surface area contributed by atoms with Gasteiger partial charge in [-0.15, -0.1) is 0 Å². The highest BCUT2D eigenvalue weighted by molar-refractivity contribution is 6.11. The van der Waals surface area contributed by atoms with Crippen LogP contribution >= 0.6 is 0 Å². The average Bonchev–Trinajstić information content (AvgIpc) is 3.67. The molecule has 0 radical (unpaired) electrons. The van der Waals surface area contributed by atoms with Gasteiger partial charge in [0.05, 0.1) is 34.4 Å². The molecule has 0 aliphatic carbocycles. The predicted molar refractivity (Wildman–Crippen MR) is 197 cm³/mol. The highest BCUT2D eigenvalue weighted by Gasteiger charge is 2.19. The summed E-state index contributed by atoms with van der Waals surface area (Å²) < 4.78 is 4.53. The van der Waals surface area contributed by atoms with Crippen molar-refractivity contribution in [2.45, 2.75) is 0 Å². The van der Waals surface area contributed by atoms with Gasteiger partial charge in [-0.2, -0.15) is 5.26 Å². The molecule has 48 heavy (non-hydrogen) atoms. The minimum atomic E-state index is 0.590. The van der Waals surface area contributed by atoms with Crippen molar-refractivity contribution < 1.29 is 0 Å². The maximum absolute atomic E-state index is 10.8. The summed E-state index contributed by atoms with van der Waals surface area (Å²) >= 11 is 0. The molecule has 0 N–H and O–H groups in total. The van der Waals surface area contributed by atoms with Gasteiger partial charge in [0.15, 0.2) is 5.69 Å². The van der Waals surface area contributed by atoms with Crippen LogP contribution in [0.5, 0.6) is 0 Å². The molecular weight excluding hydrogens is 585 g/mol. The van der Waals surface area contributed by atoms with Crippen molar-refractivity contribution in [2.75, 3.05) is 0 Å². The van der Waals surface area contributed by atoms with E-state index in [1.165, 1.54) is 10.8 Å². The number of aromatic nitrogens is 2. The summed E-state index contributed by atoms with van der Waals surface area (Å²) in [7, 11) is 0. The van der Waals surface area contributed by atoms with Crippen molar-refractivity contribution in [3.8, 4) is 39.7 Å². The molecule has 0 saturated carbocycles. The zero-order chi connectivity index (χ0) is 32.2. The summed E-state index contributed by atoms with van der Waals surface area (Å²) in [6.07, 6.45) is 0. The molecule has 4 heteroatoms. The van der Waals surface area contributed by atoms with Gasteiger partial charge in [-0.25, -0.2) is 4.85 Å². The number of para-hydroxylation sites is 4. The SMILES string of the molecule is [C-]#[N+]c1ccc2c3ccccc3n(-c3ccccc3-c3cccc(-c4cccc(-n5c6ccccc6c6ccccc65)c4)c3C#N)c2c1. The van der Waals surface area contributed by atoms with Gasteiger partial charge >= 0.3 is 0 Å². The van der Waals surface area contributed by atoms with Crippen LogP contribution in [0.3, 0.4) is 0 Å². The van der Waals surface area contributed by atoms with E-state index in [0.29, 0.717) is 11.3 Å². The fourth-order valence-corrected chi connectivity index (χ4v) is 7.34. The van der Waals surface area contributed by atoms with Crippen molar-refractivity contribution in [1.82, 2.24) is 9.13 Å². The second kappa shape index (κ2) is 10.9. The topological polar surface area (TPSA) is 38.0 Å². The van der Waals surface area contributed by atoms with E-state index in [-0.39, 0.29) is 0 Å². The lowest BCUT2D eigenvalue weighted by Gasteiger charge is -2.17. The minimum absolute atomic E-state index is 0.590. The Morgan fingerprint density at radius 3 is 1.73 bits per heavy atom. The van der Waals surface area contributed by atoms with Crippen molar-refractivity contribution in [3.63, 3.8) is 0 Å². The summed E-state index contributed by atoms with van der Waals surface area (Å²) in [5, 5.41) is 15.4. The van der Waals surface area contributed by atoms with Crippen molar-refractivity contribution in [3.05, 3.63) is 175 Å². The first-order chi connectivity index (χ1) is 23.7. The Labute approximate surface area is 277 Å². The number of nitrogens with zero attached hydrogens (tertiary/aromatic N) is 4. The molecule has 2 aromatic heterocycles. The average molecular weight is 611 g/mol. The smallest absolute Gasteiger partial charge is 0.189 e. The van der Waals surface area contributed by atoms with Gasteiger partial charge < -0.3 is 9.13 Å². The van der Waals surface area contributed by atoms with Crippen molar-refractivity contribution in [1.29, 1.82) is 5.26 Å². The lowest BCUT2D eigenvalue weighted by Crippen LogP contribution is -1.99. The van der Waals surface area contributed by atoms with Crippen LogP contribution in [0.2, 0.25) is 0 Å². The third-order valence-electron chi connectivity index (χ3n) is 9.39. The standard InChI is InChI=1S/C44H26N4/c1-46-30-24-25-38-37-17-5-9-23-43(37)48(44(38)27-30)42-22-8-2-14-34(42)33-19-11-18-32(39(33)28-45)29-12-10-13-31(26-29)47-40-20-6-3-15-35(40)36-16-4-7-21-41(36)47/h2-27H. The summed E-state index contributed by atoms with van der Waals surface area (Å²) in [6, 6.07) is 56.6.